The van der Waals surface area contributed by atoms with Crippen molar-refractivity contribution in [2.75, 3.05) is 59.4 Å². The number of nitrogens with one attached hydrogen (secondary N) is 1. The highest BCUT2D eigenvalue weighted by molar-refractivity contribution is 7.44. The molecule has 1 aromatic carbocycles. The number of aliphatic hydroxyl groups excluding tert-OH is 1. The number of aliphatic hydroxyl groups is 1. The summed E-state index contributed by atoms with van der Waals surface area (Å²) in [6.07, 6.45) is 17.8. The third-order valence-corrected chi connectivity index (χ3v) is 8.91. The number of phosphoric acid groups is 1. The van der Waals surface area contributed by atoms with Crippen LogP contribution in [0.2, 0.25) is 0 Å². The molecule has 1 aromatic heterocycles. The number of carbonyl (C=O) groups excluding carboxylic acids is 2. The normalized spacial score (nSPS) is 13.1. The molecule has 2 rings (SSSR count). The Morgan fingerprint density at radius 1 is 0.889 bits per heavy atom. The highest BCUT2D eigenvalue weighted by atomic mass is 31.2. The number of esters is 2. The van der Waals surface area contributed by atoms with E-state index in [0.29, 0.717) is 36.1 Å². The van der Waals surface area contributed by atoms with Gasteiger partial charge in [0.05, 0.1) is 38.4 Å². The summed E-state index contributed by atoms with van der Waals surface area (Å²) in [5.74, 6) is -0.790. The summed E-state index contributed by atoms with van der Waals surface area (Å²) < 4.78 is 29.9. The van der Waals surface area contributed by atoms with Crippen LogP contribution in [0.4, 0.5) is 11.4 Å². The number of carbonyl (C=O) groups is 2. The monoisotopic (exact) mass is 789 g/mol. The first-order chi connectivity index (χ1) is 25.7. The van der Waals surface area contributed by atoms with Crippen molar-refractivity contribution in [3.8, 4) is 0 Å². The van der Waals surface area contributed by atoms with Crippen LogP contribution >= 0.6 is 7.82 Å². The molecule has 0 radical (unpaired) electrons. The molecule has 0 aliphatic carbocycles. The van der Waals surface area contributed by atoms with E-state index in [1.165, 1.54) is 70.3 Å². The van der Waals surface area contributed by atoms with E-state index in [1.54, 1.807) is 6.07 Å². The minimum absolute atomic E-state index is 0.0147. The molecule has 310 valence electrons. The minimum Gasteiger partial charge on any atom is -0.756 e. The Balaban J connectivity index is 0.00000114. The Bertz CT molecular complexity index is 1380. The number of non-ortho nitro benzene ring substituents is 1. The van der Waals surface area contributed by atoms with Crippen LogP contribution < -0.4 is 10.2 Å². The van der Waals surface area contributed by atoms with Gasteiger partial charge in [-0.25, -0.2) is 4.63 Å². The second kappa shape index (κ2) is 28.2. The molecule has 0 spiro atoms. The van der Waals surface area contributed by atoms with Crippen molar-refractivity contribution >= 4 is 42.2 Å². The predicted octanol–water partition coefficient (Wildman–Crippen LogP) is 6.20. The number of aromatic nitrogens is 2. The molecule has 18 heteroatoms. The molecule has 17 nitrogen and oxygen atoms in total. The quantitative estimate of drug-likeness (QED) is 0.0199. The molecule has 2 aromatic rings. The minimum atomic E-state index is -4.51. The molecule has 1 unspecified atom stereocenters. The number of nitro benzene ring substituents is 1. The summed E-state index contributed by atoms with van der Waals surface area (Å²) in [7, 11) is 1.19. The molecule has 0 saturated heterocycles. The van der Waals surface area contributed by atoms with Gasteiger partial charge in [0.1, 0.15) is 19.8 Å². The maximum Gasteiger partial charge on any atom is 0.306 e. The van der Waals surface area contributed by atoms with E-state index in [4.69, 9.17) is 14.4 Å². The van der Waals surface area contributed by atoms with Gasteiger partial charge < -0.3 is 38.7 Å². The Hall–Kier alpha value is -3.21. The molecule has 0 fully saturated rings. The van der Waals surface area contributed by atoms with Gasteiger partial charge >= 0.3 is 17.6 Å². The van der Waals surface area contributed by atoms with Gasteiger partial charge in [0.25, 0.3) is 7.82 Å². The first-order valence-electron chi connectivity index (χ1n) is 19.2. The molecule has 54 heavy (non-hydrogen) atoms. The molecule has 0 aliphatic rings. The number of hydrogen-bond acceptors (Lipinski definition) is 14. The largest absolute Gasteiger partial charge is 0.756 e. The maximum atomic E-state index is 12.2. The van der Waals surface area contributed by atoms with Gasteiger partial charge in [-0.3, -0.25) is 24.3 Å². The Morgan fingerprint density at radius 2 is 1.43 bits per heavy atom. The van der Waals surface area contributed by atoms with Crippen LogP contribution in [-0.4, -0.2) is 102 Å². The van der Waals surface area contributed by atoms with Gasteiger partial charge in [-0.05, 0) is 35.6 Å². The average molecular weight is 790 g/mol. The predicted molar refractivity (Wildman–Crippen MR) is 202 cm³/mol. The van der Waals surface area contributed by atoms with Crippen molar-refractivity contribution in [2.45, 2.75) is 129 Å². The van der Waals surface area contributed by atoms with E-state index < -0.39 is 31.4 Å². The number of ether oxygens (including phenoxy) is 2. The van der Waals surface area contributed by atoms with E-state index >= 15 is 0 Å². The number of nitro groups is 1. The summed E-state index contributed by atoms with van der Waals surface area (Å²) in [6.45, 7) is 2.79. The Kier molecular flexibility index (Phi) is 25.5. The van der Waals surface area contributed by atoms with Gasteiger partial charge in [-0.2, -0.15) is 0 Å². The maximum absolute atomic E-state index is 12.2. The Labute approximate surface area is 319 Å². The topological polar surface area (TPSA) is 237 Å². The van der Waals surface area contributed by atoms with Gasteiger partial charge in [0.15, 0.2) is 11.6 Å². The van der Waals surface area contributed by atoms with Crippen molar-refractivity contribution in [3.63, 3.8) is 0 Å². The summed E-state index contributed by atoms with van der Waals surface area (Å²) in [5.41, 5.74) is 0.779. The number of quaternary nitrogens is 1. The van der Waals surface area contributed by atoms with Gasteiger partial charge in [0.2, 0.25) is 5.52 Å². The number of likely N-dealkylation sites (N-methyl/N-ethyl adjacent to an activating group) is 1. The van der Waals surface area contributed by atoms with Gasteiger partial charge in [-0.15, -0.1) is 0 Å². The highest BCUT2D eigenvalue weighted by Crippen LogP contribution is 2.30. The van der Waals surface area contributed by atoms with Crippen molar-refractivity contribution in [3.05, 3.63) is 22.2 Å². The van der Waals surface area contributed by atoms with Crippen LogP contribution in [0.25, 0.3) is 11.0 Å². The molecule has 3 N–H and O–H groups in total. The van der Waals surface area contributed by atoms with E-state index in [0.717, 1.165) is 32.1 Å². The van der Waals surface area contributed by atoms with Crippen molar-refractivity contribution < 1.29 is 57.1 Å². The van der Waals surface area contributed by atoms with Crippen LogP contribution in [0.1, 0.15) is 122 Å². The number of benzene rings is 1. The molecule has 0 bridgehead atoms. The van der Waals surface area contributed by atoms with Gasteiger partial charge in [-0.1, -0.05) is 90.4 Å². The summed E-state index contributed by atoms with van der Waals surface area (Å²) in [4.78, 5) is 53.0. The smallest absolute Gasteiger partial charge is 0.306 e. The van der Waals surface area contributed by atoms with Crippen molar-refractivity contribution in [1.29, 1.82) is 0 Å². The number of unbranched alkanes of at least 4 members (excludes halogenated alkanes) is 14. The van der Waals surface area contributed by atoms with Crippen LogP contribution in [-0.2, 0) is 28.2 Å². The molecule has 0 amide bonds. The van der Waals surface area contributed by atoms with Crippen LogP contribution in [0.3, 0.4) is 0 Å². The number of rotatable bonds is 30. The number of phosphoric ester groups is 1. The first kappa shape index (κ1) is 48.8. The third kappa shape index (κ3) is 25.0. The molecular formula is C36H64N5O12P. The molecule has 1 heterocycles. The van der Waals surface area contributed by atoms with Crippen LogP contribution in [0.15, 0.2) is 16.8 Å². The number of hydrogen-bond donors (Lipinski definition) is 3. The first-order valence-corrected chi connectivity index (χ1v) is 20.7. The number of fused-ring (bicyclic) bond motifs is 1. The van der Waals surface area contributed by atoms with Crippen LogP contribution in [0, 0.1) is 10.1 Å². The summed E-state index contributed by atoms with van der Waals surface area (Å²) >= 11 is 0. The third-order valence-electron chi connectivity index (χ3n) is 8.40. The fraction of sp³-hybridized carbons (Fsp3) is 0.778. The van der Waals surface area contributed by atoms with E-state index in [-0.39, 0.29) is 42.3 Å². The summed E-state index contributed by atoms with van der Waals surface area (Å²) in [6, 6.07) is 2.91. The number of nitrogens with zero attached hydrogens (tertiary/aromatic N) is 4. The van der Waals surface area contributed by atoms with Crippen molar-refractivity contribution in [1.82, 2.24) is 10.3 Å². The lowest BCUT2D eigenvalue weighted by molar-refractivity contribution is -0.870. The Morgan fingerprint density at radius 3 is 1.96 bits per heavy atom. The van der Waals surface area contributed by atoms with E-state index in [9.17, 15) is 34.3 Å². The molecular weight excluding hydrogens is 725 g/mol. The highest BCUT2D eigenvalue weighted by Gasteiger charge is 2.20. The summed E-state index contributed by atoms with van der Waals surface area (Å²) in [5, 5.41) is 31.1. The fourth-order valence-corrected chi connectivity index (χ4v) is 5.59. The molecule has 2 atom stereocenters. The zero-order valence-electron chi connectivity index (χ0n) is 32.7. The van der Waals surface area contributed by atoms with E-state index in [1.807, 2.05) is 21.1 Å². The lowest BCUT2D eigenvalue weighted by atomic mass is 10.0. The average Bonchev–Trinajstić information content (AvgIpc) is 3.59. The lowest BCUT2D eigenvalue weighted by Gasteiger charge is -2.25. The second-order valence-corrected chi connectivity index (χ2v) is 15.6. The van der Waals surface area contributed by atoms with Crippen molar-refractivity contribution in [2.24, 2.45) is 0 Å². The zero-order valence-corrected chi connectivity index (χ0v) is 33.6. The second-order valence-electron chi connectivity index (χ2n) is 14.4. The van der Waals surface area contributed by atoms with E-state index in [2.05, 4.69) is 31.7 Å². The standard InChI is InChI=1S/C31H50N4O8.C5H14NO4P/c1-2-3-4-5-6-7-8-9-10-11-12-13-15-18-28(37)41-24-25(23-36)42-29(38)19-16-14-17-22-32-26-20-21-27(35(39)40)31-30(26)33-43-34-31;1-6(2,3)4-5-10-11(7,8)9/h20-21,25,32,36H,2-19,22-24H2,1H3;4-5H2,1-3H3,(H-,7,8,9)/t25-;/m0./s1. The molecule has 0 aliphatic heterocycles. The lowest BCUT2D eigenvalue weighted by Crippen LogP contribution is -2.37. The van der Waals surface area contributed by atoms with Gasteiger partial charge in [0, 0.05) is 25.5 Å². The molecule has 0 saturated carbocycles. The van der Waals surface area contributed by atoms with Crippen LogP contribution in [0.5, 0.6) is 0 Å². The fourth-order valence-electron chi connectivity index (χ4n) is 5.28. The number of anilines is 1. The zero-order chi connectivity index (χ0) is 40.2. The SMILES string of the molecule is CCCCCCCCCCCCCCCC(=O)OC[C@H](CO)OC(=O)CCCCCNc1ccc([N+](=O)[O-])c2nonc12.C[N+](C)(C)CCOP(=O)([O-])O.